The fourth-order valence-corrected chi connectivity index (χ4v) is 1.96. The topological polar surface area (TPSA) is 20.2 Å². The van der Waals surface area contributed by atoms with Crippen LogP contribution in [-0.2, 0) is 0 Å². The minimum atomic E-state index is -0.397. The predicted molar refractivity (Wildman–Crippen MR) is 75.2 cm³/mol. The Morgan fingerprint density at radius 3 is 1.75 bits per heavy atom. The number of halogens is 1. The van der Waals surface area contributed by atoms with Crippen LogP contribution >= 0.6 is 22.6 Å². The molecule has 2 heteroatoms. The van der Waals surface area contributed by atoms with Gasteiger partial charge in [0.15, 0.2) is 0 Å². The maximum atomic E-state index is 9.42. The van der Waals surface area contributed by atoms with Gasteiger partial charge in [-0.05, 0) is 58.3 Å². The Hall–Kier alpha value is -0.870. The Kier molecular flexibility index (Phi) is 3.61. The summed E-state index contributed by atoms with van der Waals surface area (Å²) in [5.41, 5.74) is 3.34. The molecule has 0 saturated carbocycles. The van der Waals surface area contributed by atoms with E-state index in [4.69, 9.17) is 0 Å². The van der Waals surface area contributed by atoms with Crippen molar-refractivity contribution in [1.29, 1.82) is 0 Å². The summed E-state index contributed by atoms with van der Waals surface area (Å²) in [5.74, 6) is 0. The molecule has 2 aromatic rings. The van der Waals surface area contributed by atoms with Crippen LogP contribution in [0, 0.1) is 3.57 Å². The molecule has 0 aliphatic rings. The first kappa shape index (κ1) is 11.6. The highest BCUT2D eigenvalue weighted by molar-refractivity contribution is 14.1. The second kappa shape index (κ2) is 4.97. The molecule has 1 N–H and O–H groups in total. The van der Waals surface area contributed by atoms with Gasteiger partial charge in [0, 0.05) is 3.57 Å². The molecule has 0 radical (unpaired) electrons. The molecule has 0 heterocycles. The van der Waals surface area contributed by atoms with Gasteiger partial charge in [-0.25, -0.2) is 0 Å². The first-order valence-corrected chi connectivity index (χ1v) is 6.28. The maximum Gasteiger partial charge on any atom is 0.0761 e. The Morgan fingerprint density at radius 2 is 1.31 bits per heavy atom. The molecule has 2 aromatic carbocycles. The van der Waals surface area contributed by atoms with E-state index in [0.717, 1.165) is 5.56 Å². The highest BCUT2D eigenvalue weighted by Gasteiger charge is 2.01. The molecule has 0 aliphatic heterocycles. The molecule has 0 spiro atoms. The molecule has 0 amide bonds. The molecule has 0 saturated heterocycles. The van der Waals surface area contributed by atoms with E-state index in [9.17, 15) is 5.11 Å². The normalized spacial score (nSPS) is 12.4. The SMILES string of the molecule is CC(O)c1ccc(-c2ccc(I)cc2)cc1. The molecule has 1 unspecified atom stereocenters. The number of hydrogen-bond acceptors (Lipinski definition) is 1. The molecule has 0 aliphatic carbocycles. The quantitative estimate of drug-likeness (QED) is 0.828. The fourth-order valence-electron chi connectivity index (χ4n) is 1.60. The number of benzene rings is 2. The number of aliphatic hydroxyl groups is 1. The van der Waals surface area contributed by atoms with Crippen LogP contribution < -0.4 is 0 Å². The molecule has 1 nitrogen and oxygen atoms in total. The van der Waals surface area contributed by atoms with Gasteiger partial charge in [-0.1, -0.05) is 36.4 Å². The number of rotatable bonds is 2. The first-order chi connectivity index (χ1) is 7.66. The minimum absolute atomic E-state index is 0.397. The van der Waals surface area contributed by atoms with Crippen molar-refractivity contribution >= 4 is 22.6 Å². The lowest BCUT2D eigenvalue weighted by molar-refractivity contribution is 0.199. The summed E-state index contributed by atoms with van der Waals surface area (Å²) >= 11 is 2.30. The second-order valence-electron chi connectivity index (χ2n) is 3.80. The molecule has 0 fully saturated rings. The largest absolute Gasteiger partial charge is 0.389 e. The Morgan fingerprint density at radius 1 is 0.875 bits per heavy atom. The van der Waals surface area contributed by atoms with Crippen LogP contribution in [0.25, 0.3) is 11.1 Å². The average molecular weight is 324 g/mol. The molecule has 16 heavy (non-hydrogen) atoms. The Balaban J connectivity index is 2.31. The summed E-state index contributed by atoms with van der Waals surface area (Å²) in [4.78, 5) is 0. The Labute approximate surface area is 109 Å². The molecular weight excluding hydrogens is 311 g/mol. The van der Waals surface area contributed by atoms with Gasteiger partial charge < -0.3 is 5.11 Å². The predicted octanol–water partition coefficient (Wildman–Crippen LogP) is 4.01. The van der Waals surface area contributed by atoms with Gasteiger partial charge in [-0.15, -0.1) is 0 Å². The highest BCUT2D eigenvalue weighted by atomic mass is 127. The lowest BCUT2D eigenvalue weighted by Gasteiger charge is -2.06. The summed E-state index contributed by atoms with van der Waals surface area (Å²) in [7, 11) is 0. The summed E-state index contributed by atoms with van der Waals surface area (Å²) in [5, 5.41) is 9.42. The number of hydrogen-bond donors (Lipinski definition) is 1. The highest BCUT2D eigenvalue weighted by Crippen LogP contribution is 2.22. The van der Waals surface area contributed by atoms with Crippen LogP contribution in [0.3, 0.4) is 0 Å². The first-order valence-electron chi connectivity index (χ1n) is 5.21. The van der Waals surface area contributed by atoms with E-state index in [1.807, 2.05) is 24.3 Å². The third-order valence-electron chi connectivity index (χ3n) is 2.57. The van der Waals surface area contributed by atoms with E-state index in [1.54, 1.807) is 6.92 Å². The van der Waals surface area contributed by atoms with E-state index in [2.05, 4.69) is 46.9 Å². The van der Waals surface area contributed by atoms with Crippen LogP contribution in [0.1, 0.15) is 18.6 Å². The molecule has 2 rings (SSSR count). The minimum Gasteiger partial charge on any atom is -0.389 e. The molecule has 0 bridgehead atoms. The smallest absolute Gasteiger partial charge is 0.0761 e. The van der Waals surface area contributed by atoms with E-state index >= 15 is 0 Å². The van der Waals surface area contributed by atoms with Gasteiger partial charge in [0.05, 0.1) is 6.10 Å². The standard InChI is InChI=1S/C14H13IO/c1-10(16)11-2-4-12(5-3-11)13-6-8-14(15)9-7-13/h2-10,16H,1H3. The Bertz CT molecular complexity index is 457. The van der Waals surface area contributed by atoms with Crippen molar-refractivity contribution in [2.45, 2.75) is 13.0 Å². The molecule has 0 aromatic heterocycles. The van der Waals surface area contributed by atoms with Crippen LogP contribution in [0.4, 0.5) is 0 Å². The second-order valence-corrected chi connectivity index (χ2v) is 5.05. The van der Waals surface area contributed by atoms with E-state index in [-0.39, 0.29) is 0 Å². The molecular formula is C14H13IO. The zero-order valence-corrected chi connectivity index (χ0v) is 11.2. The van der Waals surface area contributed by atoms with Crippen molar-refractivity contribution in [3.8, 4) is 11.1 Å². The van der Waals surface area contributed by atoms with E-state index < -0.39 is 6.10 Å². The van der Waals surface area contributed by atoms with Crippen molar-refractivity contribution in [3.63, 3.8) is 0 Å². The van der Waals surface area contributed by atoms with Crippen molar-refractivity contribution < 1.29 is 5.11 Å². The van der Waals surface area contributed by atoms with Gasteiger partial charge >= 0.3 is 0 Å². The third-order valence-corrected chi connectivity index (χ3v) is 3.29. The molecule has 1 atom stereocenters. The summed E-state index contributed by atoms with van der Waals surface area (Å²) in [6.07, 6.45) is -0.397. The van der Waals surface area contributed by atoms with Crippen molar-refractivity contribution in [2.75, 3.05) is 0 Å². The number of aliphatic hydroxyl groups excluding tert-OH is 1. The van der Waals surface area contributed by atoms with Crippen LogP contribution in [0.5, 0.6) is 0 Å². The van der Waals surface area contributed by atoms with Gasteiger partial charge in [0.2, 0.25) is 0 Å². The lowest BCUT2D eigenvalue weighted by atomic mass is 10.0. The summed E-state index contributed by atoms with van der Waals surface area (Å²) in [6, 6.07) is 16.4. The monoisotopic (exact) mass is 324 g/mol. The van der Waals surface area contributed by atoms with Gasteiger partial charge in [-0.2, -0.15) is 0 Å². The van der Waals surface area contributed by atoms with E-state index in [0.29, 0.717) is 0 Å². The fraction of sp³-hybridized carbons (Fsp3) is 0.143. The third kappa shape index (κ3) is 2.62. The van der Waals surface area contributed by atoms with Crippen molar-refractivity contribution in [3.05, 3.63) is 57.7 Å². The van der Waals surface area contributed by atoms with E-state index in [1.165, 1.54) is 14.7 Å². The zero-order valence-electron chi connectivity index (χ0n) is 9.02. The maximum absolute atomic E-state index is 9.42. The van der Waals surface area contributed by atoms with Crippen LogP contribution in [-0.4, -0.2) is 5.11 Å². The lowest BCUT2D eigenvalue weighted by Crippen LogP contribution is -1.89. The summed E-state index contributed by atoms with van der Waals surface area (Å²) in [6.45, 7) is 1.78. The van der Waals surface area contributed by atoms with Crippen molar-refractivity contribution in [2.24, 2.45) is 0 Å². The van der Waals surface area contributed by atoms with Crippen LogP contribution in [0.2, 0.25) is 0 Å². The van der Waals surface area contributed by atoms with Gasteiger partial charge in [0.25, 0.3) is 0 Å². The average Bonchev–Trinajstić information content (AvgIpc) is 2.30. The van der Waals surface area contributed by atoms with Gasteiger partial charge in [-0.3, -0.25) is 0 Å². The summed E-state index contributed by atoms with van der Waals surface area (Å²) < 4.78 is 1.24. The van der Waals surface area contributed by atoms with Gasteiger partial charge in [0.1, 0.15) is 0 Å². The molecule has 82 valence electrons. The zero-order chi connectivity index (χ0) is 11.5. The van der Waals surface area contributed by atoms with Crippen molar-refractivity contribution in [1.82, 2.24) is 0 Å². The van der Waals surface area contributed by atoms with Crippen LogP contribution in [0.15, 0.2) is 48.5 Å².